The third-order valence-corrected chi connectivity index (χ3v) is 3.82. The molecule has 0 aromatic carbocycles. The first-order valence-corrected chi connectivity index (χ1v) is 7.32. The Kier molecular flexibility index (Phi) is 5.20. The Morgan fingerprint density at radius 1 is 1.37 bits per heavy atom. The summed E-state index contributed by atoms with van der Waals surface area (Å²) in [6.45, 7) is 1.84. The molecule has 19 heavy (non-hydrogen) atoms. The smallest absolute Gasteiger partial charge is 0.251 e. The number of hydrogen-bond acceptors (Lipinski definition) is 5. The maximum atomic E-state index is 11.9. The lowest BCUT2D eigenvalue weighted by Crippen LogP contribution is -2.41. The molecule has 0 bridgehead atoms. The van der Waals surface area contributed by atoms with Crippen molar-refractivity contribution in [2.45, 2.75) is 43.0 Å². The van der Waals surface area contributed by atoms with Crippen LogP contribution in [0.2, 0.25) is 0 Å². The molecule has 1 heterocycles. The standard InChI is InChI=1S/C13H18N4OS/c1-10(19-13-14-8-5-9-15-13)12(18)17-16-11-6-3-2-4-7-11/h5-6,8-10,16H,2-4,7H2,1H3,(H,17,18). The van der Waals surface area contributed by atoms with Gasteiger partial charge in [-0.05, 0) is 38.7 Å². The third kappa shape index (κ3) is 4.55. The minimum atomic E-state index is -0.237. The number of hydrazine groups is 1. The van der Waals surface area contributed by atoms with E-state index in [1.165, 1.54) is 24.6 Å². The lowest BCUT2D eigenvalue weighted by atomic mass is 10.1. The second-order valence-corrected chi connectivity index (χ2v) is 5.69. The Labute approximate surface area is 117 Å². The second kappa shape index (κ2) is 7.13. The van der Waals surface area contributed by atoms with Crippen molar-refractivity contribution in [3.05, 3.63) is 30.2 Å². The fourth-order valence-electron chi connectivity index (χ4n) is 1.75. The van der Waals surface area contributed by atoms with Gasteiger partial charge in [0.05, 0.1) is 5.25 Å². The highest BCUT2D eigenvalue weighted by molar-refractivity contribution is 8.00. The zero-order chi connectivity index (χ0) is 13.5. The molecule has 0 saturated heterocycles. The Hall–Kier alpha value is -1.56. The minimum Gasteiger partial charge on any atom is -0.303 e. The Bertz CT molecular complexity index is 449. The van der Waals surface area contributed by atoms with E-state index in [-0.39, 0.29) is 11.2 Å². The molecule has 1 aliphatic carbocycles. The zero-order valence-corrected chi connectivity index (χ0v) is 11.7. The average molecular weight is 278 g/mol. The number of carbonyl (C=O) groups is 1. The van der Waals surface area contributed by atoms with Crippen molar-refractivity contribution >= 4 is 17.7 Å². The van der Waals surface area contributed by atoms with E-state index in [9.17, 15) is 4.79 Å². The number of aromatic nitrogens is 2. The SMILES string of the molecule is CC(Sc1ncccn1)C(=O)NNC1=CCCCC1. The summed E-state index contributed by atoms with van der Waals surface area (Å²) in [5, 5.41) is 0.376. The zero-order valence-electron chi connectivity index (χ0n) is 10.9. The number of allylic oxidation sites excluding steroid dienone is 2. The maximum Gasteiger partial charge on any atom is 0.251 e. The number of carbonyl (C=O) groups excluding carboxylic acids is 1. The fraction of sp³-hybridized carbons (Fsp3) is 0.462. The lowest BCUT2D eigenvalue weighted by molar-refractivity contribution is -0.121. The van der Waals surface area contributed by atoms with E-state index >= 15 is 0 Å². The first kappa shape index (κ1) is 13.9. The molecule has 1 amide bonds. The molecule has 1 unspecified atom stereocenters. The molecular weight excluding hydrogens is 260 g/mol. The summed E-state index contributed by atoms with van der Waals surface area (Å²) in [6.07, 6.45) is 9.98. The second-order valence-electron chi connectivity index (χ2n) is 4.38. The van der Waals surface area contributed by atoms with Crippen LogP contribution in [0.3, 0.4) is 0 Å². The predicted octanol–water partition coefficient (Wildman–Crippen LogP) is 2.04. The van der Waals surface area contributed by atoms with Crippen LogP contribution in [0.1, 0.15) is 32.6 Å². The van der Waals surface area contributed by atoms with Crippen molar-refractivity contribution in [1.82, 2.24) is 20.8 Å². The summed E-state index contributed by atoms with van der Waals surface area (Å²) in [6, 6.07) is 1.76. The number of thioether (sulfide) groups is 1. The summed E-state index contributed by atoms with van der Waals surface area (Å²) < 4.78 is 0. The molecule has 0 spiro atoms. The lowest BCUT2D eigenvalue weighted by Gasteiger charge is -2.17. The molecule has 0 aliphatic heterocycles. The monoisotopic (exact) mass is 278 g/mol. The highest BCUT2D eigenvalue weighted by Gasteiger charge is 2.15. The molecular formula is C13H18N4OS. The van der Waals surface area contributed by atoms with Gasteiger partial charge < -0.3 is 5.43 Å². The van der Waals surface area contributed by atoms with Crippen molar-refractivity contribution < 1.29 is 4.79 Å². The van der Waals surface area contributed by atoms with E-state index in [0.29, 0.717) is 5.16 Å². The molecule has 102 valence electrons. The quantitative estimate of drug-likeness (QED) is 0.490. The van der Waals surface area contributed by atoms with Crippen LogP contribution >= 0.6 is 11.8 Å². The Balaban J connectivity index is 1.77. The van der Waals surface area contributed by atoms with Crippen LogP contribution < -0.4 is 10.9 Å². The molecule has 5 nitrogen and oxygen atoms in total. The first-order chi connectivity index (χ1) is 9.25. The molecule has 0 radical (unpaired) electrons. The third-order valence-electron chi connectivity index (χ3n) is 2.83. The van der Waals surface area contributed by atoms with E-state index in [1.54, 1.807) is 18.5 Å². The van der Waals surface area contributed by atoms with Gasteiger partial charge in [-0.1, -0.05) is 17.8 Å². The van der Waals surface area contributed by atoms with Gasteiger partial charge in [0, 0.05) is 18.1 Å². The normalized spacial score (nSPS) is 16.4. The van der Waals surface area contributed by atoms with Crippen LogP contribution in [0.25, 0.3) is 0 Å². The highest BCUT2D eigenvalue weighted by Crippen LogP contribution is 2.18. The molecule has 6 heteroatoms. The molecule has 1 atom stereocenters. The van der Waals surface area contributed by atoms with Crippen molar-refractivity contribution in [1.29, 1.82) is 0 Å². The largest absolute Gasteiger partial charge is 0.303 e. The Morgan fingerprint density at radius 2 is 2.16 bits per heavy atom. The van der Waals surface area contributed by atoms with Crippen molar-refractivity contribution in [2.75, 3.05) is 0 Å². The van der Waals surface area contributed by atoms with E-state index in [1.807, 2.05) is 6.92 Å². The van der Waals surface area contributed by atoms with Crippen molar-refractivity contribution in [2.24, 2.45) is 0 Å². The van der Waals surface area contributed by atoms with Gasteiger partial charge in [-0.25, -0.2) is 9.97 Å². The van der Waals surface area contributed by atoms with Crippen LogP contribution in [0.4, 0.5) is 0 Å². The van der Waals surface area contributed by atoms with E-state index < -0.39 is 0 Å². The fourth-order valence-corrected chi connectivity index (χ4v) is 2.48. The highest BCUT2D eigenvalue weighted by atomic mass is 32.2. The van der Waals surface area contributed by atoms with Crippen LogP contribution in [0.5, 0.6) is 0 Å². The van der Waals surface area contributed by atoms with Crippen LogP contribution in [0, 0.1) is 0 Å². The van der Waals surface area contributed by atoms with E-state index in [4.69, 9.17) is 0 Å². The van der Waals surface area contributed by atoms with E-state index in [2.05, 4.69) is 26.9 Å². The van der Waals surface area contributed by atoms with Gasteiger partial charge in [-0.2, -0.15) is 0 Å². The molecule has 1 aliphatic rings. The first-order valence-electron chi connectivity index (χ1n) is 6.44. The van der Waals surface area contributed by atoms with Gasteiger partial charge in [0.2, 0.25) is 0 Å². The number of rotatable bonds is 5. The number of amides is 1. The van der Waals surface area contributed by atoms with Gasteiger partial charge in [0.15, 0.2) is 5.16 Å². The number of nitrogens with one attached hydrogen (secondary N) is 2. The Morgan fingerprint density at radius 3 is 2.84 bits per heavy atom. The average Bonchev–Trinajstić information content (AvgIpc) is 2.47. The number of nitrogens with zero attached hydrogens (tertiary/aromatic N) is 2. The predicted molar refractivity (Wildman–Crippen MR) is 75.2 cm³/mol. The van der Waals surface area contributed by atoms with Gasteiger partial charge in [-0.3, -0.25) is 10.2 Å². The van der Waals surface area contributed by atoms with Crippen molar-refractivity contribution in [3.8, 4) is 0 Å². The molecule has 2 rings (SSSR count). The van der Waals surface area contributed by atoms with Gasteiger partial charge in [0.25, 0.3) is 5.91 Å². The van der Waals surface area contributed by atoms with Crippen LogP contribution in [-0.4, -0.2) is 21.1 Å². The molecule has 1 aromatic heterocycles. The molecule has 1 aromatic rings. The molecule has 0 fully saturated rings. The van der Waals surface area contributed by atoms with Crippen LogP contribution in [-0.2, 0) is 4.79 Å². The van der Waals surface area contributed by atoms with E-state index in [0.717, 1.165) is 18.5 Å². The summed E-state index contributed by atoms with van der Waals surface area (Å²) in [7, 11) is 0. The molecule has 2 N–H and O–H groups in total. The topological polar surface area (TPSA) is 66.9 Å². The van der Waals surface area contributed by atoms with Gasteiger partial charge in [-0.15, -0.1) is 0 Å². The summed E-state index contributed by atoms with van der Waals surface area (Å²) >= 11 is 1.34. The summed E-state index contributed by atoms with van der Waals surface area (Å²) in [4.78, 5) is 20.1. The molecule has 0 saturated carbocycles. The van der Waals surface area contributed by atoms with Crippen LogP contribution in [0.15, 0.2) is 35.4 Å². The van der Waals surface area contributed by atoms with Gasteiger partial charge in [0.1, 0.15) is 0 Å². The maximum absolute atomic E-state index is 11.9. The number of hydrogen-bond donors (Lipinski definition) is 2. The minimum absolute atomic E-state index is 0.0658. The van der Waals surface area contributed by atoms with Gasteiger partial charge >= 0.3 is 0 Å². The van der Waals surface area contributed by atoms with Crippen molar-refractivity contribution in [3.63, 3.8) is 0 Å². The summed E-state index contributed by atoms with van der Waals surface area (Å²) in [5.74, 6) is -0.0658. The summed E-state index contributed by atoms with van der Waals surface area (Å²) in [5.41, 5.74) is 6.84.